The van der Waals surface area contributed by atoms with Crippen LogP contribution in [0, 0.1) is 11.8 Å². The number of nitrogens with zero attached hydrogens (tertiary/aromatic N) is 6. The number of aromatic nitrogens is 5. The number of rotatable bonds is 11. The summed E-state index contributed by atoms with van der Waals surface area (Å²) >= 11 is 0. The van der Waals surface area contributed by atoms with Crippen LogP contribution in [0.2, 0.25) is 0 Å². The monoisotopic (exact) mass is 866 g/mol. The molecule has 0 bridgehead atoms. The minimum Gasteiger partial charge on any atom is -0.475 e. The first-order valence-corrected chi connectivity index (χ1v) is 19.8. The Kier molecular flexibility index (Phi) is 15.4. The Bertz CT molecular complexity index is 2130. The van der Waals surface area contributed by atoms with Gasteiger partial charge in [0.15, 0.2) is 0 Å². The van der Waals surface area contributed by atoms with Crippen molar-refractivity contribution >= 4 is 41.5 Å². The van der Waals surface area contributed by atoms with Crippen LogP contribution in [0.25, 0.3) is 22.5 Å². The third-order valence-corrected chi connectivity index (χ3v) is 10.1. The molecule has 3 heterocycles. The number of pyridine rings is 1. The molecule has 1 saturated heterocycles. The number of ether oxygens (including phenoxy) is 1. The first-order valence-electron chi connectivity index (χ1n) is 19.8. The lowest BCUT2D eigenvalue weighted by Gasteiger charge is -2.34. The van der Waals surface area contributed by atoms with E-state index in [9.17, 15) is 37.5 Å². The summed E-state index contributed by atoms with van der Waals surface area (Å²) in [7, 11) is 0. The number of hydrogen-bond donors (Lipinski definition) is 6. The molecule has 4 amide bonds. The molecule has 1 aliphatic heterocycles. The number of halogens is 3. The molecule has 4 aromatic rings. The Balaban J connectivity index is 0.000000955. The van der Waals surface area contributed by atoms with Gasteiger partial charge in [0.2, 0.25) is 17.6 Å². The average molecular weight is 867 g/mol. The highest BCUT2D eigenvalue weighted by Crippen LogP contribution is 2.30. The Hall–Kier alpha value is -6.80. The number of carbonyl (C=O) groups is 5. The number of anilines is 2. The zero-order chi connectivity index (χ0) is 45.0. The minimum absolute atomic E-state index is 0.170. The highest BCUT2D eigenvalue weighted by atomic mass is 19.4. The fourth-order valence-corrected chi connectivity index (χ4v) is 6.85. The van der Waals surface area contributed by atoms with Gasteiger partial charge in [0.1, 0.15) is 17.5 Å². The summed E-state index contributed by atoms with van der Waals surface area (Å²) in [6, 6.07) is 18.0. The number of H-pyrrole nitrogens is 1. The summed E-state index contributed by atoms with van der Waals surface area (Å²) in [6.45, 7) is 7.91. The van der Waals surface area contributed by atoms with Crippen LogP contribution >= 0.6 is 0 Å². The van der Waals surface area contributed by atoms with Crippen LogP contribution in [-0.2, 0) is 25.5 Å². The molecule has 1 atom stereocenters. The summed E-state index contributed by atoms with van der Waals surface area (Å²) in [5.74, 6) is -2.07. The first kappa shape index (κ1) is 46.3. The van der Waals surface area contributed by atoms with Crippen molar-refractivity contribution in [3.05, 3.63) is 72.4 Å². The molecule has 1 aliphatic carbocycles. The van der Waals surface area contributed by atoms with E-state index in [0.29, 0.717) is 57.1 Å². The van der Waals surface area contributed by atoms with Crippen LogP contribution in [0.3, 0.4) is 0 Å². The summed E-state index contributed by atoms with van der Waals surface area (Å²) < 4.78 is 37.1. The van der Waals surface area contributed by atoms with Gasteiger partial charge in [0.05, 0.1) is 0 Å². The SMILES string of the molecule is CC(C)(C)OC(=O)NCC1CCC(C(=O)N[C@@H](Cc2ccc(-c3ccnc(N4CCN(C(=O)O)CC4)c3)cc2)C(=O)Nc2ccc(-c3nn[nH]n3)cc2)CC1.O=C(O)C(F)(F)F. The molecule has 2 fully saturated rings. The molecule has 2 aromatic carbocycles. The van der Waals surface area contributed by atoms with Gasteiger partial charge in [0, 0.05) is 62.5 Å². The van der Waals surface area contributed by atoms with Crippen LogP contribution < -0.4 is 20.9 Å². The van der Waals surface area contributed by atoms with E-state index in [-0.39, 0.29) is 30.1 Å². The van der Waals surface area contributed by atoms with Gasteiger partial charge in [-0.3, -0.25) is 9.59 Å². The van der Waals surface area contributed by atoms with E-state index in [1.165, 1.54) is 4.90 Å². The maximum Gasteiger partial charge on any atom is 0.490 e. The van der Waals surface area contributed by atoms with Crippen LogP contribution in [0.5, 0.6) is 0 Å². The highest BCUT2D eigenvalue weighted by molar-refractivity contribution is 5.97. The fourth-order valence-electron chi connectivity index (χ4n) is 6.85. The van der Waals surface area contributed by atoms with Gasteiger partial charge in [-0.15, -0.1) is 10.2 Å². The fraction of sp³-hybridized carbons (Fsp3) is 0.439. The molecule has 1 saturated carbocycles. The van der Waals surface area contributed by atoms with Crippen molar-refractivity contribution in [2.45, 2.75) is 70.7 Å². The summed E-state index contributed by atoms with van der Waals surface area (Å²) in [5.41, 5.74) is 3.50. The molecule has 18 nitrogen and oxygen atoms in total. The zero-order valence-electron chi connectivity index (χ0n) is 34.3. The quantitative estimate of drug-likeness (QED) is 0.111. The lowest BCUT2D eigenvalue weighted by Crippen LogP contribution is -2.48. The van der Waals surface area contributed by atoms with E-state index in [0.717, 1.165) is 40.9 Å². The number of alkyl carbamates (subject to hydrolysis) is 1. The summed E-state index contributed by atoms with van der Waals surface area (Å²) in [6.07, 6.45) is -1.58. The van der Waals surface area contributed by atoms with Gasteiger partial charge < -0.3 is 40.7 Å². The average Bonchev–Trinajstić information content (AvgIpc) is 3.78. The third kappa shape index (κ3) is 13.9. The number of aromatic amines is 1. The predicted octanol–water partition coefficient (Wildman–Crippen LogP) is 5.36. The lowest BCUT2D eigenvalue weighted by atomic mass is 9.81. The number of tetrazole rings is 1. The van der Waals surface area contributed by atoms with Gasteiger partial charge in [-0.2, -0.15) is 18.4 Å². The van der Waals surface area contributed by atoms with Gasteiger partial charge >= 0.3 is 24.3 Å². The number of piperazine rings is 1. The number of hydrogen-bond acceptors (Lipinski definition) is 11. The van der Waals surface area contributed by atoms with Crippen molar-refractivity contribution < 1.29 is 52.1 Å². The summed E-state index contributed by atoms with van der Waals surface area (Å²) in [4.78, 5) is 67.9. The molecule has 0 unspecified atom stereocenters. The maximum absolute atomic E-state index is 13.8. The van der Waals surface area contributed by atoms with E-state index in [2.05, 4.69) is 46.5 Å². The number of amides is 4. The molecular weight excluding hydrogens is 818 g/mol. The molecule has 6 rings (SSSR count). The third-order valence-electron chi connectivity index (χ3n) is 10.1. The number of alkyl halides is 3. The Labute approximate surface area is 354 Å². The second-order valence-corrected chi connectivity index (χ2v) is 15.8. The molecule has 332 valence electrons. The van der Waals surface area contributed by atoms with Crippen molar-refractivity contribution in [3.63, 3.8) is 0 Å². The molecule has 21 heteroatoms. The Morgan fingerprint density at radius 2 is 1.50 bits per heavy atom. The molecule has 2 aliphatic rings. The smallest absolute Gasteiger partial charge is 0.475 e. The number of nitrogens with one attached hydrogen (secondary N) is 4. The van der Waals surface area contributed by atoms with Crippen LogP contribution in [0.1, 0.15) is 52.0 Å². The maximum atomic E-state index is 13.8. The zero-order valence-corrected chi connectivity index (χ0v) is 34.3. The van der Waals surface area contributed by atoms with Gasteiger partial charge in [-0.1, -0.05) is 24.3 Å². The van der Waals surface area contributed by atoms with Crippen LogP contribution in [-0.4, -0.2) is 121 Å². The van der Waals surface area contributed by atoms with E-state index >= 15 is 0 Å². The number of carbonyl (C=O) groups excluding carboxylic acids is 3. The number of aliphatic carboxylic acids is 1. The largest absolute Gasteiger partial charge is 0.490 e. The van der Waals surface area contributed by atoms with E-state index in [1.807, 2.05) is 57.2 Å². The number of carboxylic acid groups (broad SMARTS) is 2. The molecular formula is C41H49F3N10O8. The molecule has 0 radical (unpaired) electrons. The minimum atomic E-state index is -5.08. The number of carboxylic acids is 1. The second-order valence-electron chi connectivity index (χ2n) is 15.8. The van der Waals surface area contributed by atoms with Crippen molar-refractivity contribution in [1.29, 1.82) is 0 Å². The molecule has 0 spiro atoms. The highest BCUT2D eigenvalue weighted by Gasteiger charge is 2.38. The van der Waals surface area contributed by atoms with Crippen molar-refractivity contribution in [2.75, 3.05) is 42.9 Å². The molecule has 62 heavy (non-hydrogen) atoms. The Morgan fingerprint density at radius 1 is 0.871 bits per heavy atom. The van der Waals surface area contributed by atoms with E-state index in [4.69, 9.17) is 14.6 Å². The van der Waals surface area contributed by atoms with Crippen molar-refractivity contribution in [2.24, 2.45) is 11.8 Å². The van der Waals surface area contributed by atoms with Gasteiger partial charge in [0.25, 0.3) is 0 Å². The van der Waals surface area contributed by atoms with E-state index < -0.39 is 36.0 Å². The van der Waals surface area contributed by atoms with Crippen molar-refractivity contribution in [3.8, 4) is 22.5 Å². The van der Waals surface area contributed by atoms with Gasteiger partial charge in [-0.25, -0.2) is 19.4 Å². The Morgan fingerprint density at radius 3 is 2.06 bits per heavy atom. The van der Waals surface area contributed by atoms with Crippen LogP contribution in [0.4, 0.5) is 34.3 Å². The van der Waals surface area contributed by atoms with E-state index in [1.54, 1.807) is 30.5 Å². The number of benzene rings is 2. The van der Waals surface area contributed by atoms with Crippen LogP contribution in [0.15, 0.2) is 66.9 Å². The normalized spacial score (nSPS) is 17.1. The second kappa shape index (κ2) is 20.6. The molecule has 2 aromatic heterocycles. The molecule has 6 N–H and O–H groups in total. The summed E-state index contributed by atoms with van der Waals surface area (Å²) in [5, 5.41) is 39.3. The standard InChI is InChI=1S/C39H48N10O6.C2HF3O2/c1-39(2,3)55-37(52)41-24-26-6-10-29(11-7-26)35(50)43-32(36(51)42-31-14-12-28(13-15-31)34-44-46-47-45-34)22-25-4-8-27(9-5-25)30-16-17-40-33(23-30)48-18-20-49(21-19-48)38(53)54;3-2(4,5)1(6)7/h4-5,8-9,12-17,23,26,29,32H,6-7,10-11,18-22,24H2,1-3H3,(H,41,52)(H,42,51)(H,43,50)(H,53,54)(H,44,45,46,47);(H,6,7)/t26?,29?,32-;/m0./s1. The van der Waals surface area contributed by atoms with Crippen molar-refractivity contribution in [1.82, 2.24) is 41.1 Å². The predicted molar refractivity (Wildman–Crippen MR) is 219 cm³/mol. The topological polar surface area (TPSA) is 245 Å². The first-order chi connectivity index (χ1) is 29.3. The lowest BCUT2D eigenvalue weighted by molar-refractivity contribution is -0.192. The van der Waals surface area contributed by atoms with Gasteiger partial charge in [-0.05, 0) is 111 Å².